The summed E-state index contributed by atoms with van der Waals surface area (Å²) in [7, 11) is 0. The SMILES string of the molecule is O=C([O-])C(O)(CO)CC(O)CO.[Na+]. The van der Waals surface area contributed by atoms with E-state index in [0.717, 1.165) is 0 Å². The molecule has 6 nitrogen and oxygen atoms in total. The van der Waals surface area contributed by atoms with Crippen molar-refractivity contribution in [2.24, 2.45) is 0 Å². The van der Waals surface area contributed by atoms with Crippen LogP contribution in [-0.2, 0) is 4.79 Å². The average molecular weight is 202 g/mol. The third-order valence-electron chi connectivity index (χ3n) is 1.43. The summed E-state index contributed by atoms with van der Waals surface area (Å²) in [6.07, 6.45) is -2.05. The van der Waals surface area contributed by atoms with Crippen LogP contribution in [0.15, 0.2) is 0 Å². The van der Waals surface area contributed by atoms with Crippen LogP contribution in [0.25, 0.3) is 0 Å². The van der Waals surface area contributed by atoms with Gasteiger partial charge in [-0.05, 0) is 0 Å². The van der Waals surface area contributed by atoms with Gasteiger partial charge in [0.15, 0.2) is 0 Å². The molecule has 0 heterocycles. The fourth-order valence-electron chi connectivity index (χ4n) is 0.667. The van der Waals surface area contributed by atoms with E-state index in [-0.39, 0.29) is 29.6 Å². The summed E-state index contributed by atoms with van der Waals surface area (Å²) in [4.78, 5) is 10.2. The van der Waals surface area contributed by atoms with Crippen LogP contribution in [0.3, 0.4) is 0 Å². The van der Waals surface area contributed by atoms with E-state index in [4.69, 9.17) is 20.4 Å². The van der Waals surface area contributed by atoms with Crippen LogP contribution in [0, 0.1) is 0 Å². The maximum atomic E-state index is 10.2. The molecular formula is C6H11NaO6. The van der Waals surface area contributed by atoms with Crippen LogP contribution in [0.4, 0.5) is 0 Å². The maximum Gasteiger partial charge on any atom is 1.00 e. The van der Waals surface area contributed by atoms with Crippen molar-refractivity contribution in [3.8, 4) is 0 Å². The number of aliphatic hydroxyl groups is 4. The van der Waals surface area contributed by atoms with Crippen molar-refractivity contribution in [3.63, 3.8) is 0 Å². The van der Waals surface area contributed by atoms with E-state index in [2.05, 4.69) is 0 Å². The first-order chi connectivity index (χ1) is 5.46. The van der Waals surface area contributed by atoms with E-state index < -0.39 is 37.3 Å². The Morgan fingerprint density at radius 2 is 1.92 bits per heavy atom. The van der Waals surface area contributed by atoms with Gasteiger partial charge in [-0.3, -0.25) is 0 Å². The molecule has 13 heavy (non-hydrogen) atoms. The number of aliphatic hydroxyl groups excluding tert-OH is 3. The number of hydrogen-bond donors (Lipinski definition) is 4. The van der Waals surface area contributed by atoms with Gasteiger partial charge in [0.25, 0.3) is 0 Å². The first-order valence-corrected chi connectivity index (χ1v) is 3.30. The van der Waals surface area contributed by atoms with Crippen LogP contribution >= 0.6 is 0 Å². The summed E-state index contributed by atoms with van der Waals surface area (Å²) in [5.41, 5.74) is -2.48. The van der Waals surface area contributed by atoms with Crippen LogP contribution in [0.1, 0.15) is 6.42 Å². The van der Waals surface area contributed by atoms with Gasteiger partial charge < -0.3 is 30.3 Å². The number of rotatable bonds is 5. The summed E-state index contributed by atoms with van der Waals surface area (Å²) in [5, 5.41) is 44.7. The molecule has 0 aliphatic heterocycles. The Labute approximate surface area is 97.1 Å². The smallest absolute Gasteiger partial charge is 0.547 e. The number of carbonyl (C=O) groups excluding carboxylic acids is 1. The fourth-order valence-corrected chi connectivity index (χ4v) is 0.667. The number of carbonyl (C=O) groups is 1. The molecule has 72 valence electrons. The van der Waals surface area contributed by atoms with Gasteiger partial charge in [0, 0.05) is 6.42 Å². The van der Waals surface area contributed by atoms with Crippen molar-refractivity contribution in [3.05, 3.63) is 0 Å². The Kier molecular flexibility index (Phi) is 8.15. The molecule has 0 aromatic carbocycles. The van der Waals surface area contributed by atoms with E-state index in [1.54, 1.807) is 0 Å². The van der Waals surface area contributed by atoms with E-state index >= 15 is 0 Å². The average Bonchev–Trinajstić information content (AvgIpc) is 2.03. The second-order valence-electron chi connectivity index (χ2n) is 2.52. The zero-order valence-corrected chi connectivity index (χ0v) is 9.30. The molecule has 7 heteroatoms. The van der Waals surface area contributed by atoms with Gasteiger partial charge in [-0.2, -0.15) is 0 Å². The van der Waals surface area contributed by atoms with Gasteiger partial charge in [-0.15, -0.1) is 0 Å². The van der Waals surface area contributed by atoms with E-state index in [1.165, 1.54) is 0 Å². The maximum absolute atomic E-state index is 10.2. The second-order valence-corrected chi connectivity index (χ2v) is 2.52. The van der Waals surface area contributed by atoms with Crippen molar-refractivity contribution in [2.75, 3.05) is 13.2 Å². The number of carboxylic acids is 1. The van der Waals surface area contributed by atoms with Crippen molar-refractivity contribution < 1.29 is 59.9 Å². The second kappa shape index (κ2) is 6.72. The molecule has 0 aromatic heterocycles. The topological polar surface area (TPSA) is 121 Å². The van der Waals surface area contributed by atoms with Gasteiger partial charge >= 0.3 is 29.6 Å². The molecule has 0 aromatic rings. The monoisotopic (exact) mass is 202 g/mol. The Morgan fingerprint density at radius 1 is 1.46 bits per heavy atom. The number of aliphatic carboxylic acids is 1. The molecule has 4 N–H and O–H groups in total. The molecule has 2 atom stereocenters. The zero-order chi connectivity index (χ0) is 9.78. The Morgan fingerprint density at radius 3 is 2.15 bits per heavy atom. The van der Waals surface area contributed by atoms with Crippen molar-refractivity contribution in [1.29, 1.82) is 0 Å². The standard InChI is InChI=1S/C6H12O6.Na/c7-2-4(9)1-6(12,3-8)5(10)11;/h4,7-9,12H,1-3H2,(H,10,11);/q;+1/p-1. The predicted molar refractivity (Wildman–Crippen MR) is 34.8 cm³/mol. The van der Waals surface area contributed by atoms with Crippen molar-refractivity contribution in [2.45, 2.75) is 18.1 Å². The third kappa shape index (κ3) is 4.92. The molecule has 0 fully saturated rings. The zero-order valence-electron chi connectivity index (χ0n) is 7.30. The quantitative estimate of drug-likeness (QED) is 0.329. The van der Waals surface area contributed by atoms with Crippen LogP contribution < -0.4 is 34.7 Å². The summed E-state index contributed by atoms with van der Waals surface area (Å²) in [6, 6.07) is 0. The largest absolute Gasteiger partial charge is 1.00 e. The van der Waals surface area contributed by atoms with Gasteiger partial charge in [-0.25, -0.2) is 0 Å². The van der Waals surface area contributed by atoms with E-state index in [0.29, 0.717) is 0 Å². The minimum Gasteiger partial charge on any atom is -0.547 e. The summed E-state index contributed by atoms with van der Waals surface area (Å²) < 4.78 is 0. The fraction of sp³-hybridized carbons (Fsp3) is 0.833. The van der Waals surface area contributed by atoms with E-state index in [1.807, 2.05) is 0 Å². The van der Waals surface area contributed by atoms with Crippen molar-refractivity contribution >= 4 is 5.97 Å². The number of hydrogen-bond acceptors (Lipinski definition) is 6. The Bertz CT molecular complexity index is 163. The normalized spacial score (nSPS) is 16.9. The van der Waals surface area contributed by atoms with Crippen LogP contribution in [-0.4, -0.2) is 51.3 Å². The summed E-state index contributed by atoms with van der Waals surface area (Å²) in [5.74, 6) is -1.88. The molecule has 0 bridgehead atoms. The van der Waals surface area contributed by atoms with Gasteiger partial charge in [0.2, 0.25) is 0 Å². The number of carboxylic acid groups (broad SMARTS) is 1. The first kappa shape index (κ1) is 15.8. The molecule has 0 saturated heterocycles. The molecule has 0 saturated carbocycles. The Balaban J connectivity index is 0. The summed E-state index contributed by atoms with van der Waals surface area (Å²) in [6.45, 7) is -1.75. The molecule has 0 radical (unpaired) electrons. The molecule has 0 aliphatic carbocycles. The predicted octanol–water partition coefficient (Wildman–Crippen LogP) is -6.79. The molecule has 0 rings (SSSR count). The van der Waals surface area contributed by atoms with Crippen LogP contribution in [0.2, 0.25) is 0 Å². The molecule has 0 spiro atoms. The minimum atomic E-state index is -2.48. The molecule has 2 unspecified atom stereocenters. The van der Waals surface area contributed by atoms with Crippen LogP contribution in [0.5, 0.6) is 0 Å². The Hall–Kier alpha value is 0.310. The van der Waals surface area contributed by atoms with Gasteiger partial charge in [-0.1, -0.05) is 0 Å². The van der Waals surface area contributed by atoms with Gasteiger partial charge in [0.05, 0.1) is 25.3 Å². The van der Waals surface area contributed by atoms with Gasteiger partial charge in [0.1, 0.15) is 5.60 Å². The molecular weight excluding hydrogens is 191 g/mol. The third-order valence-corrected chi connectivity index (χ3v) is 1.43. The molecule has 0 aliphatic rings. The molecule has 0 amide bonds. The first-order valence-electron chi connectivity index (χ1n) is 3.30. The van der Waals surface area contributed by atoms with E-state index in [9.17, 15) is 9.90 Å². The minimum absolute atomic E-state index is 0. The summed E-state index contributed by atoms with van der Waals surface area (Å²) >= 11 is 0. The van der Waals surface area contributed by atoms with Crippen molar-refractivity contribution in [1.82, 2.24) is 0 Å².